The maximum atomic E-state index is 13.6. The van der Waals surface area contributed by atoms with Crippen LogP contribution in [0.25, 0.3) is 10.9 Å². The summed E-state index contributed by atoms with van der Waals surface area (Å²) in [5.74, 6) is -0.944. The second kappa shape index (κ2) is 10.7. The molecule has 3 amide bonds. The van der Waals surface area contributed by atoms with Crippen LogP contribution in [0.2, 0.25) is 0 Å². The molecule has 2 aromatic heterocycles. The first-order valence-electron chi connectivity index (χ1n) is 13.1. The molecule has 1 aromatic carbocycles. The van der Waals surface area contributed by atoms with Crippen LogP contribution in [0, 0.1) is 19.8 Å². The number of nitrogens with one attached hydrogen (secondary N) is 2. The third-order valence-corrected chi connectivity index (χ3v) is 9.54. The van der Waals surface area contributed by atoms with Crippen molar-refractivity contribution in [3.05, 3.63) is 46.3 Å². The second-order valence-corrected chi connectivity index (χ2v) is 12.3. The molecule has 0 spiro atoms. The molecule has 4 heterocycles. The average molecular weight is 570 g/mol. The fourth-order valence-electron chi connectivity index (χ4n) is 5.54. The Morgan fingerprint density at radius 3 is 2.55 bits per heavy atom. The summed E-state index contributed by atoms with van der Waals surface area (Å²) in [6.07, 6.45) is 2.99. The Morgan fingerprint density at radius 2 is 1.90 bits per heavy atom. The van der Waals surface area contributed by atoms with Gasteiger partial charge in [-0.05, 0) is 51.2 Å². The minimum atomic E-state index is -3.67. The zero-order valence-electron chi connectivity index (χ0n) is 22.5. The zero-order chi connectivity index (χ0) is 28.8. The summed E-state index contributed by atoms with van der Waals surface area (Å²) in [5, 5.41) is 9.41. The van der Waals surface area contributed by atoms with E-state index in [1.54, 1.807) is 39.1 Å². The van der Waals surface area contributed by atoms with Crippen LogP contribution in [0.4, 0.5) is 5.69 Å². The molecule has 14 heteroatoms. The standard InChI is InChI=1S/C26H31N7O6S/c1-15-21(14-31(3)30-15)40(38,39)32-11-9-17(10-12-32)13-23(35)28-19-6-4-5-18-24(19)26(37)33(16(2)27-18)20-7-8-22(34)29-25(20)36/h4-6,14,17,20H,7-13H2,1-3H3,(H2-,28,29,34,35,36,37,38,39). The largest absolute Gasteiger partial charge is 0.593 e. The van der Waals surface area contributed by atoms with Crippen LogP contribution in [0.15, 0.2) is 34.1 Å². The molecular weight excluding hydrogens is 538 g/mol. The molecule has 212 valence electrons. The lowest BCUT2D eigenvalue weighted by atomic mass is 9.94. The van der Waals surface area contributed by atoms with E-state index in [1.807, 2.05) is 0 Å². The lowest BCUT2D eigenvalue weighted by Gasteiger charge is -2.33. The van der Waals surface area contributed by atoms with E-state index in [4.69, 9.17) is 0 Å². The summed E-state index contributed by atoms with van der Waals surface area (Å²) in [7, 11) is -1.99. The molecule has 2 aliphatic heterocycles. The van der Waals surface area contributed by atoms with Gasteiger partial charge in [0, 0.05) is 33.0 Å². The van der Waals surface area contributed by atoms with Crippen LogP contribution in [-0.4, -0.2) is 59.0 Å². The quantitative estimate of drug-likeness (QED) is 0.331. The van der Waals surface area contributed by atoms with Crippen LogP contribution in [0.3, 0.4) is 0 Å². The molecule has 0 saturated carbocycles. The first-order valence-corrected chi connectivity index (χ1v) is 14.6. The summed E-state index contributed by atoms with van der Waals surface area (Å²) in [5.41, 5.74) is 0.638. The number of hydrogen-bond acceptors (Lipinski definition) is 8. The first-order chi connectivity index (χ1) is 19.0. The first kappa shape index (κ1) is 27.8. The summed E-state index contributed by atoms with van der Waals surface area (Å²) in [6, 6.07) is 4.08. The van der Waals surface area contributed by atoms with Gasteiger partial charge < -0.3 is 9.87 Å². The Balaban J connectivity index is 1.29. The molecule has 2 N–H and O–H groups in total. The summed E-state index contributed by atoms with van der Waals surface area (Å²) < 4.78 is 30.3. The lowest BCUT2D eigenvalue weighted by molar-refractivity contribution is -0.135. The molecule has 2 fully saturated rings. The van der Waals surface area contributed by atoms with Gasteiger partial charge in [-0.15, -0.1) is 4.31 Å². The molecular formula is C26H31N7O6S. The van der Waals surface area contributed by atoms with Gasteiger partial charge in [-0.3, -0.25) is 33.7 Å². The summed E-state index contributed by atoms with van der Waals surface area (Å²) in [4.78, 5) is 55.4. The normalized spacial score (nSPS) is 20.4. The van der Waals surface area contributed by atoms with E-state index in [1.165, 1.54) is 19.8 Å². The van der Waals surface area contributed by atoms with E-state index < -0.39 is 27.9 Å². The predicted molar refractivity (Wildman–Crippen MR) is 145 cm³/mol. The fraction of sp³-hybridized carbons (Fsp3) is 0.462. The van der Waals surface area contributed by atoms with E-state index in [0.717, 1.165) is 0 Å². The molecule has 40 heavy (non-hydrogen) atoms. The van der Waals surface area contributed by atoms with Crippen LogP contribution >= 0.6 is 0 Å². The number of carbonyl (C=O) groups excluding carboxylic acids is 3. The van der Waals surface area contributed by atoms with E-state index in [2.05, 4.69) is 20.7 Å². The van der Waals surface area contributed by atoms with Crippen LogP contribution in [0.5, 0.6) is 0 Å². The molecule has 13 nitrogen and oxygen atoms in total. The lowest BCUT2D eigenvalue weighted by Crippen LogP contribution is -2.45. The molecule has 0 aliphatic carbocycles. The Kier molecular flexibility index (Phi) is 7.42. The monoisotopic (exact) mass is 569 g/mol. The highest BCUT2D eigenvalue weighted by molar-refractivity contribution is 7.95. The number of benzene rings is 1. The topological polar surface area (TPSA) is 171 Å². The number of piperidine rings is 2. The SMILES string of the molecule is Cc1nn(C)cc1[S+](=O)([O-])N1CCC(CC(=O)Nc2cccc3nc(C)n(C4CCC(=O)NC4=O)c(=O)c23)CC1. The Labute approximate surface area is 231 Å². The Hall–Kier alpha value is -3.75. The molecule has 5 rings (SSSR count). The third-order valence-electron chi connectivity index (χ3n) is 7.54. The van der Waals surface area contributed by atoms with Gasteiger partial charge >= 0.3 is 0 Å². The Morgan fingerprint density at radius 1 is 1.18 bits per heavy atom. The molecule has 2 atom stereocenters. The number of rotatable bonds is 6. The highest BCUT2D eigenvalue weighted by Crippen LogP contribution is 2.30. The average Bonchev–Trinajstić information content (AvgIpc) is 3.24. The van der Waals surface area contributed by atoms with Gasteiger partial charge in [0.1, 0.15) is 17.6 Å². The van der Waals surface area contributed by atoms with Crippen molar-refractivity contribution in [1.82, 2.24) is 29.0 Å². The molecule has 2 aliphatic rings. The van der Waals surface area contributed by atoms with E-state index in [0.29, 0.717) is 43.0 Å². The van der Waals surface area contributed by atoms with Gasteiger partial charge in [0.25, 0.3) is 5.56 Å². The van der Waals surface area contributed by atoms with Crippen molar-refractivity contribution >= 4 is 44.7 Å². The number of imide groups is 1. The number of aromatic nitrogens is 4. The van der Waals surface area contributed by atoms with Crippen molar-refractivity contribution < 1.29 is 23.1 Å². The number of amides is 3. The van der Waals surface area contributed by atoms with Crippen LogP contribution < -0.4 is 16.2 Å². The van der Waals surface area contributed by atoms with Crippen molar-refractivity contribution in [1.29, 1.82) is 0 Å². The number of carbonyl (C=O) groups is 3. The van der Waals surface area contributed by atoms with Gasteiger partial charge in [0.05, 0.1) is 22.8 Å². The maximum absolute atomic E-state index is 13.6. The molecule has 2 unspecified atom stereocenters. The molecule has 0 radical (unpaired) electrons. The predicted octanol–water partition coefficient (Wildman–Crippen LogP) is 1.37. The van der Waals surface area contributed by atoms with E-state index in [-0.39, 0.29) is 53.0 Å². The van der Waals surface area contributed by atoms with Gasteiger partial charge in [0.2, 0.25) is 22.6 Å². The second-order valence-electron chi connectivity index (χ2n) is 10.4. The number of nitrogens with zero attached hydrogens (tertiary/aromatic N) is 5. The number of aryl methyl sites for hydroxylation is 3. The minimum absolute atomic E-state index is 0.0306. The van der Waals surface area contributed by atoms with Crippen molar-refractivity contribution in [3.8, 4) is 0 Å². The van der Waals surface area contributed by atoms with Crippen LogP contribution in [-0.2, 0) is 36.0 Å². The number of hydrogen-bond donors (Lipinski definition) is 2. The number of fused-ring (bicyclic) bond motifs is 1. The number of sulfonamides is 1. The van der Waals surface area contributed by atoms with Crippen LogP contribution in [0.1, 0.15) is 49.7 Å². The van der Waals surface area contributed by atoms with Crippen molar-refractivity contribution in [2.45, 2.75) is 56.9 Å². The highest BCUT2D eigenvalue weighted by Gasteiger charge is 2.37. The third kappa shape index (κ3) is 5.21. The minimum Gasteiger partial charge on any atom is -0.593 e. The van der Waals surface area contributed by atoms with Crippen molar-refractivity contribution in [3.63, 3.8) is 0 Å². The fourth-order valence-corrected chi connectivity index (χ4v) is 7.21. The summed E-state index contributed by atoms with van der Waals surface area (Å²) >= 11 is 0. The Bertz CT molecular complexity index is 1620. The van der Waals surface area contributed by atoms with Gasteiger partial charge in [-0.25, -0.2) is 4.98 Å². The van der Waals surface area contributed by atoms with Gasteiger partial charge in [-0.2, -0.15) is 5.10 Å². The van der Waals surface area contributed by atoms with E-state index in [9.17, 15) is 27.9 Å². The molecule has 0 bridgehead atoms. The number of anilines is 1. The van der Waals surface area contributed by atoms with Crippen molar-refractivity contribution in [2.24, 2.45) is 13.0 Å². The molecule has 3 aromatic rings. The van der Waals surface area contributed by atoms with Gasteiger partial charge in [-0.1, -0.05) is 10.3 Å². The van der Waals surface area contributed by atoms with E-state index >= 15 is 0 Å². The maximum Gasteiger partial charge on any atom is 0.264 e. The highest BCUT2D eigenvalue weighted by atomic mass is 32.3. The zero-order valence-corrected chi connectivity index (χ0v) is 23.3. The molecule has 2 saturated heterocycles. The smallest absolute Gasteiger partial charge is 0.264 e. The van der Waals surface area contributed by atoms with Crippen molar-refractivity contribution in [2.75, 3.05) is 18.4 Å². The van der Waals surface area contributed by atoms with Gasteiger partial charge in [0.15, 0.2) is 10.4 Å². The summed E-state index contributed by atoms with van der Waals surface area (Å²) in [6.45, 7) is 3.87.